The van der Waals surface area contributed by atoms with Gasteiger partial charge in [0.2, 0.25) is 0 Å². The van der Waals surface area contributed by atoms with Gasteiger partial charge in [-0.15, -0.1) is 0 Å². The Hall–Kier alpha value is -2.28. The standard InChI is InChI=1S/C16H17N3O3S/c1-12-9-18-15(10-17-12)16(20)19-8-7-14(11-19)23(21,22)13-5-3-2-4-6-13/h2-6,9-10,14H,7-8,11H2,1H3. The number of carbonyl (C=O) groups is 1. The van der Waals surface area contributed by atoms with Crippen molar-refractivity contribution in [3.63, 3.8) is 0 Å². The summed E-state index contributed by atoms with van der Waals surface area (Å²) < 4.78 is 25.2. The van der Waals surface area contributed by atoms with E-state index in [2.05, 4.69) is 9.97 Å². The first-order valence-electron chi connectivity index (χ1n) is 7.35. The van der Waals surface area contributed by atoms with Crippen LogP contribution in [-0.2, 0) is 9.84 Å². The van der Waals surface area contributed by atoms with Crippen LogP contribution in [0.15, 0.2) is 47.6 Å². The van der Waals surface area contributed by atoms with Crippen molar-refractivity contribution in [2.75, 3.05) is 13.1 Å². The lowest BCUT2D eigenvalue weighted by Gasteiger charge is -2.16. The van der Waals surface area contributed by atoms with Gasteiger partial charge in [0.15, 0.2) is 9.84 Å². The summed E-state index contributed by atoms with van der Waals surface area (Å²) in [5, 5.41) is -0.577. The van der Waals surface area contributed by atoms with E-state index >= 15 is 0 Å². The van der Waals surface area contributed by atoms with E-state index in [0.717, 1.165) is 5.69 Å². The van der Waals surface area contributed by atoms with E-state index in [-0.39, 0.29) is 18.1 Å². The van der Waals surface area contributed by atoms with Crippen LogP contribution in [0.2, 0.25) is 0 Å². The zero-order valence-corrected chi connectivity index (χ0v) is 13.5. The summed E-state index contributed by atoms with van der Waals surface area (Å²) in [6.45, 7) is 2.39. The topological polar surface area (TPSA) is 80.2 Å². The highest BCUT2D eigenvalue weighted by Gasteiger charge is 2.36. The molecule has 7 heteroatoms. The summed E-state index contributed by atoms with van der Waals surface area (Å²) >= 11 is 0. The molecule has 1 aromatic carbocycles. The molecule has 1 aliphatic heterocycles. The molecule has 1 aromatic heterocycles. The minimum atomic E-state index is -3.42. The molecule has 3 rings (SSSR count). The van der Waals surface area contributed by atoms with Crippen molar-refractivity contribution in [3.8, 4) is 0 Å². The van der Waals surface area contributed by atoms with Gasteiger partial charge in [0.25, 0.3) is 5.91 Å². The van der Waals surface area contributed by atoms with Crippen LogP contribution in [0.5, 0.6) is 0 Å². The number of amides is 1. The third-order valence-corrected chi connectivity index (χ3v) is 6.13. The second-order valence-electron chi connectivity index (χ2n) is 5.56. The Bertz CT molecular complexity index is 804. The molecule has 2 heterocycles. The van der Waals surface area contributed by atoms with Gasteiger partial charge in [0.1, 0.15) is 5.69 Å². The van der Waals surface area contributed by atoms with Crippen LogP contribution in [0.1, 0.15) is 22.6 Å². The van der Waals surface area contributed by atoms with E-state index in [0.29, 0.717) is 17.9 Å². The van der Waals surface area contributed by atoms with E-state index in [9.17, 15) is 13.2 Å². The van der Waals surface area contributed by atoms with E-state index in [4.69, 9.17) is 0 Å². The molecule has 0 aliphatic carbocycles. The molecule has 1 saturated heterocycles. The predicted molar refractivity (Wildman–Crippen MR) is 84.7 cm³/mol. The summed E-state index contributed by atoms with van der Waals surface area (Å²) in [5.41, 5.74) is 0.973. The first-order valence-corrected chi connectivity index (χ1v) is 8.90. The van der Waals surface area contributed by atoms with Crippen LogP contribution < -0.4 is 0 Å². The number of hydrogen-bond donors (Lipinski definition) is 0. The Kier molecular flexibility index (Phi) is 4.12. The fourth-order valence-corrected chi connectivity index (χ4v) is 4.35. The Labute approximate surface area is 135 Å². The molecule has 2 aromatic rings. The summed E-state index contributed by atoms with van der Waals surface area (Å²) in [6, 6.07) is 8.36. The zero-order chi connectivity index (χ0) is 16.4. The summed E-state index contributed by atoms with van der Waals surface area (Å²) in [7, 11) is -3.42. The SMILES string of the molecule is Cc1cnc(C(=O)N2CCC(S(=O)(=O)c3ccccc3)C2)cn1. The van der Waals surface area contributed by atoms with E-state index < -0.39 is 15.1 Å². The van der Waals surface area contributed by atoms with Crippen molar-refractivity contribution in [2.45, 2.75) is 23.5 Å². The lowest BCUT2D eigenvalue weighted by atomic mass is 10.3. The van der Waals surface area contributed by atoms with Crippen LogP contribution >= 0.6 is 0 Å². The Balaban J connectivity index is 1.76. The van der Waals surface area contributed by atoms with Gasteiger partial charge in [0, 0.05) is 19.3 Å². The Morgan fingerprint density at radius 2 is 1.91 bits per heavy atom. The smallest absolute Gasteiger partial charge is 0.274 e. The van der Waals surface area contributed by atoms with Crippen LogP contribution in [0.3, 0.4) is 0 Å². The van der Waals surface area contributed by atoms with Crippen molar-refractivity contribution in [2.24, 2.45) is 0 Å². The van der Waals surface area contributed by atoms with E-state index in [1.807, 2.05) is 0 Å². The molecule has 6 nitrogen and oxygen atoms in total. The highest BCUT2D eigenvalue weighted by Crippen LogP contribution is 2.24. The van der Waals surface area contributed by atoms with Gasteiger partial charge in [-0.05, 0) is 25.5 Å². The monoisotopic (exact) mass is 331 g/mol. The van der Waals surface area contributed by atoms with Gasteiger partial charge in [-0.1, -0.05) is 18.2 Å². The van der Waals surface area contributed by atoms with E-state index in [1.165, 1.54) is 17.3 Å². The highest BCUT2D eigenvalue weighted by molar-refractivity contribution is 7.92. The molecule has 23 heavy (non-hydrogen) atoms. The van der Waals surface area contributed by atoms with Crippen molar-refractivity contribution in [1.82, 2.24) is 14.9 Å². The van der Waals surface area contributed by atoms with Crippen LogP contribution in [-0.4, -0.2) is 47.5 Å². The summed E-state index contributed by atoms with van der Waals surface area (Å²) in [4.78, 5) is 22.4. The third kappa shape index (κ3) is 3.10. The van der Waals surface area contributed by atoms with Crippen LogP contribution in [0.25, 0.3) is 0 Å². The normalized spacial score (nSPS) is 18.1. The van der Waals surface area contributed by atoms with Gasteiger partial charge in [-0.2, -0.15) is 0 Å². The predicted octanol–water partition coefficient (Wildman–Crippen LogP) is 1.47. The van der Waals surface area contributed by atoms with Crippen molar-refractivity contribution in [3.05, 3.63) is 54.1 Å². The fourth-order valence-electron chi connectivity index (χ4n) is 2.63. The number of carbonyl (C=O) groups excluding carboxylic acids is 1. The third-order valence-electron chi connectivity index (χ3n) is 3.94. The molecular weight excluding hydrogens is 314 g/mol. The van der Waals surface area contributed by atoms with Crippen molar-refractivity contribution >= 4 is 15.7 Å². The number of benzene rings is 1. The number of likely N-dealkylation sites (tertiary alicyclic amines) is 1. The number of rotatable bonds is 3. The maximum absolute atomic E-state index is 12.6. The maximum Gasteiger partial charge on any atom is 0.274 e. The Morgan fingerprint density at radius 1 is 1.17 bits per heavy atom. The number of hydrogen-bond acceptors (Lipinski definition) is 5. The fraction of sp³-hybridized carbons (Fsp3) is 0.312. The van der Waals surface area contributed by atoms with Gasteiger partial charge in [-0.3, -0.25) is 9.78 Å². The lowest BCUT2D eigenvalue weighted by molar-refractivity contribution is 0.0787. The molecule has 1 amide bonds. The summed E-state index contributed by atoms with van der Waals surface area (Å²) in [6.07, 6.45) is 3.39. The molecular formula is C16H17N3O3S. The van der Waals surface area contributed by atoms with Gasteiger partial charge >= 0.3 is 0 Å². The molecule has 0 radical (unpaired) electrons. The molecule has 1 aliphatic rings. The number of aromatic nitrogens is 2. The molecule has 0 bridgehead atoms. The lowest BCUT2D eigenvalue weighted by Crippen LogP contribution is -2.32. The molecule has 0 spiro atoms. The molecule has 0 N–H and O–H groups in total. The highest BCUT2D eigenvalue weighted by atomic mass is 32.2. The van der Waals surface area contributed by atoms with E-state index in [1.54, 1.807) is 37.3 Å². The second kappa shape index (κ2) is 6.08. The minimum absolute atomic E-state index is 0.186. The maximum atomic E-state index is 12.6. The quantitative estimate of drug-likeness (QED) is 0.851. The molecule has 120 valence electrons. The first kappa shape index (κ1) is 15.6. The largest absolute Gasteiger partial charge is 0.336 e. The van der Waals surface area contributed by atoms with Crippen molar-refractivity contribution in [1.29, 1.82) is 0 Å². The Morgan fingerprint density at radius 3 is 2.57 bits per heavy atom. The molecule has 1 atom stereocenters. The average molecular weight is 331 g/mol. The number of nitrogens with zero attached hydrogens (tertiary/aromatic N) is 3. The molecule has 1 fully saturated rings. The molecule has 0 saturated carbocycles. The zero-order valence-electron chi connectivity index (χ0n) is 12.7. The van der Waals surface area contributed by atoms with Gasteiger partial charge in [-0.25, -0.2) is 13.4 Å². The van der Waals surface area contributed by atoms with Crippen LogP contribution in [0, 0.1) is 6.92 Å². The first-order chi connectivity index (χ1) is 11.0. The van der Waals surface area contributed by atoms with Crippen molar-refractivity contribution < 1.29 is 13.2 Å². The van der Waals surface area contributed by atoms with Gasteiger partial charge in [0.05, 0.1) is 22.0 Å². The minimum Gasteiger partial charge on any atom is -0.336 e. The number of aryl methyl sites for hydroxylation is 1. The average Bonchev–Trinajstić information content (AvgIpc) is 3.06. The summed E-state index contributed by atoms with van der Waals surface area (Å²) in [5.74, 6) is -0.275. The molecule has 1 unspecified atom stereocenters. The van der Waals surface area contributed by atoms with Crippen LogP contribution in [0.4, 0.5) is 0 Å². The van der Waals surface area contributed by atoms with Gasteiger partial charge < -0.3 is 4.90 Å². The second-order valence-corrected chi connectivity index (χ2v) is 7.79. The number of sulfone groups is 1.